The Hall–Kier alpha value is -3.15. The Kier molecular flexibility index (Phi) is 4.16. The summed E-state index contributed by atoms with van der Waals surface area (Å²) in [5.41, 5.74) is 1.66. The molecule has 1 atom stereocenters. The number of carbonyl (C=O) groups excluding carboxylic acids is 2. The molecule has 6 nitrogen and oxygen atoms in total. The molecule has 1 aromatic carbocycles. The van der Waals surface area contributed by atoms with E-state index in [0.717, 1.165) is 18.4 Å². The summed E-state index contributed by atoms with van der Waals surface area (Å²) in [5.74, 6) is 0.167. The van der Waals surface area contributed by atoms with Crippen LogP contribution in [0.25, 0.3) is 6.08 Å². The van der Waals surface area contributed by atoms with E-state index >= 15 is 0 Å². The highest BCUT2D eigenvalue weighted by molar-refractivity contribution is 6.17. The van der Waals surface area contributed by atoms with Crippen LogP contribution in [0.3, 0.4) is 0 Å². The first-order valence-electron chi connectivity index (χ1n) is 8.49. The number of nitrogens with zero attached hydrogens (tertiary/aromatic N) is 1. The molecular weight excluding hydrogens is 332 g/mol. The minimum absolute atomic E-state index is 0.146. The van der Waals surface area contributed by atoms with Crippen LogP contribution < -0.4 is 10.1 Å². The maximum absolute atomic E-state index is 12.3. The van der Waals surface area contributed by atoms with Gasteiger partial charge in [0.25, 0.3) is 5.91 Å². The molecule has 0 radical (unpaired) electrons. The number of rotatable bonds is 4. The molecule has 0 aromatic heterocycles. The van der Waals surface area contributed by atoms with Crippen molar-refractivity contribution in [1.82, 2.24) is 5.32 Å². The van der Waals surface area contributed by atoms with Crippen LogP contribution in [0.4, 0.5) is 0 Å². The van der Waals surface area contributed by atoms with Gasteiger partial charge in [0.05, 0.1) is 12.8 Å². The van der Waals surface area contributed by atoms with Crippen molar-refractivity contribution in [1.29, 1.82) is 0 Å². The Morgan fingerprint density at radius 1 is 1.35 bits per heavy atom. The van der Waals surface area contributed by atoms with Gasteiger partial charge in [-0.15, -0.1) is 0 Å². The van der Waals surface area contributed by atoms with E-state index in [1.54, 1.807) is 31.4 Å². The van der Waals surface area contributed by atoms with Crippen molar-refractivity contribution in [3.63, 3.8) is 0 Å². The van der Waals surface area contributed by atoms with Crippen molar-refractivity contribution >= 4 is 23.6 Å². The molecule has 1 aromatic rings. The van der Waals surface area contributed by atoms with Crippen LogP contribution in [0.2, 0.25) is 0 Å². The molecule has 1 unspecified atom stereocenters. The minimum atomic E-state index is -0.480. The molecule has 0 saturated heterocycles. The van der Waals surface area contributed by atoms with Gasteiger partial charge in [-0.05, 0) is 43.2 Å². The lowest BCUT2D eigenvalue weighted by Gasteiger charge is -2.24. The van der Waals surface area contributed by atoms with Gasteiger partial charge in [-0.3, -0.25) is 9.59 Å². The molecular formula is C20H18N2O4. The Labute approximate surface area is 150 Å². The molecule has 1 saturated carbocycles. The lowest BCUT2D eigenvalue weighted by atomic mass is 10.0. The fourth-order valence-corrected chi connectivity index (χ4v) is 2.79. The number of hydrogen-bond donors (Lipinski definition) is 1. The summed E-state index contributed by atoms with van der Waals surface area (Å²) < 4.78 is 11.1. The highest BCUT2D eigenvalue weighted by Gasteiger charge is 2.30. The number of carbonyl (C=O) groups is 2. The Morgan fingerprint density at radius 2 is 2.15 bits per heavy atom. The lowest BCUT2D eigenvalue weighted by Crippen LogP contribution is -2.33. The molecule has 2 amide bonds. The minimum Gasteiger partial charge on any atom is -0.496 e. The monoisotopic (exact) mass is 350 g/mol. The molecule has 1 heterocycles. The van der Waals surface area contributed by atoms with E-state index in [1.165, 1.54) is 0 Å². The third-order valence-corrected chi connectivity index (χ3v) is 4.34. The second kappa shape index (κ2) is 6.63. The number of para-hydroxylation sites is 1. The zero-order chi connectivity index (χ0) is 18.1. The standard InChI is InChI=1S/C20H18N2O4/c1-25-16-5-3-2-4-12(16)11-18-20(24)22-15-10-13(6-9-17(15)26-18)19(23)21-14-7-8-14/h2-6,9-11,14,17H,7-8H2,1H3,(H,21,23)/b18-11-. The molecule has 0 bridgehead atoms. The van der Waals surface area contributed by atoms with Crippen molar-refractivity contribution in [3.05, 3.63) is 59.4 Å². The third-order valence-electron chi connectivity index (χ3n) is 4.34. The first-order valence-corrected chi connectivity index (χ1v) is 8.49. The number of aliphatic imine (C=N–C) groups is 1. The summed E-state index contributed by atoms with van der Waals surface area (Å²) in [6.07, 6.45) is 8.23. The molecule has 4 rings (SSSR count). The smallest absolute Gasteiger partial charge is 0.312 e. The quantitative estimate of drug-likeness (QED) is 0.845. The zero-order valence-corrected chi connectivity index (χ0v) is 14.3. The van der Waals surface area contributed by atoms with Crippen LogP contribution in [-0.4, -0.2) is 36.8 Å². The second-order valence-corrected chi connectivity index (χ2v) is 6.34. The fourth-order valence-electron chi connectivity index (χ4n) is 2.79. The van der Waals surface area contributed by atoms with Crippen LogP contribution in [-0.2, 0) is 14.3 Å². The average molecular weight is 350 g/mol. The average Bonchev–Trinajstić information content (AvgIpc) is 3.46. The number of nitrogens with one attached hydrogen (secondary N) is 1. The van der Waals surface area contributed by atoms with E-state index in [1.807, 2.05) is 24.3 Å². The van der Waals surface area contributed by atoms with Gasteiger partial charge in [0, 0.05) is 17.2 Å². The maximum Gasteiger partial charge on any atom is 0.312 e. The number of benzene rings is 1. The van der Waals surface area contributed by atoms with Gasteiger partial charge in [-0.25, -0.2) is 4.99 Å². The van der Waals surface area contributed by atoms with Gasteiger partial charge in [-0.2, -0.15) is 0 Å². The van der Waals surface area contributed by atoms with E-state index in [9.17, 15) is 9.59 Å². The van der Waals surface area contributed by atoms with Crippen LogP contribution >= 0.6 is 0 Å². The summed E-state index contributed by atoms with van der Waals surface area (Å²) in [4.78, 5) is 28.6. The molecule has 0 spiro atoms. The van der Waals surface area contributed by atoms with Crippen molar-refractivity contribution in [2.75, 3.05) is 7.11 Å². The van der Waals surface area contributed by atoms with Crippen molar-refractivity contribution in [2.24, 2.45) is 4.99 Å². The molecule has 1 N–H and O–H groups in total. The van der Waals surface area contributed by atoms with Gasteiger partial charge in [-0.1, -0.05) is 18.2 Å². The van der Waals surface area contributed by atoms with Crippen LogP contribution in [0.1, 0.15) is 18.4 Å². The van der Waals surface area contributed by atoms with Gasteiger partial charge >= 0.3 is 5.91 Å². The predicted molar refractivity (Wildman–Crippen MR) is 96.7 cm³/mol. The Morgan fingerprint density at radius 3 is 2.92 bits per heavy atom. The summed E-state index contributed by atoms with van der Waals surface area (Å²) in [5, 5.41) is 2.92. The van der Waals surface area contributed by atoms with Crippen molar-refractivity contribution in [2.45, 2.75) is 25.0 Å². The summed E-state index contributed by atoms with van der Waals surface area (Å²) in [6.45, 7) is 0. The number of amides is 2. The lowest BCUT2D eigenvalue weighted by molar-refractivity contribution is -0.119. The SMILES string of the molecule is COc1ccccc1/C=C1\OC2C=CC(C(=O)NC3CC3)=CC2=NC1=O. The highest BCUT2D eigenvalue weighted by Crippen LogP contribution is 2.26. The number of hydrogen-bond acceptors (Lipinski definition) is 4. The molecule has 6 heteroatoms. The van der Waals surface area contributed by atoms with Gasteiger partial charge in [0.1, 0.15) is 5.75 Å². The predicted octanol–water partition coefficient (Wildman–Crippen LogP) is 2.18. The Bertz CT molecular complexity index is 891. The number of fused-ring (bicyclic) bond motifs is 1. The van der Waals surface area contributed by atoms with E-state index in [2.05, 4.69) is 10.3 Å². The normalized spacial score (nSPS) is 22.9. The third kappa shape index (κ3) is 3.31. The Balaban J connectivity index is 1.58. The maximum atomic E-state index is 12.3. The number of ether oxygens (including phenoxy) is 2. The van der Waals surface area contributed by atoms with Crippen LogP contribution in [0, 0.1) is 0 Å². The van der Waals surface area contributed by atoms with Crippen molar-refractivity contribution in [3.8, 4) is 5.75 Å². The molecule has 26 heavy (non-hydrogen) atoms. The molecule has 1 aliphatic heterocycles. The van der Waals surface area contributed by atoms with Gasteiger partial charge < -0.3 is 14.8 Å². The van der Waals surface area contributed by atoms with Gasteiger partial charge in [0.2, 0.25) is 0 Å². The topological polar surface area (TPSA) is 77.0 Å². The van der Waals surface area contributed by atoms with E-state index in [-0.39, 0.29) is 17.7 Å². The summed E-state index contributed by atoms with van der Waals surface area (Å²) >= 11 is 0. The second-order valence-electron chi connectivity index (χ2n) is 6.34. The van der Waals surface area contributed by atoms with Gasteiger partial charge in [0.15, 0.2) is 11.9 Å². The van der Waals surface area contributed by atoms with Crippen molar-refractivity contribution < 1.29 is 19.1 Å². The summed E-state index contributed by atoms with van der Waals surface area (Å²) in [6, 6.07) is 7.62. The zero-order valence-electron chi connectivity index (χ0n) is 14.3. The number of methoxy groups -OCH3 is 1. The molecule has 1 fully saturated rings. The van der Waals surface area contributed by atoms with Crippen LogP contribution in [0.15, 0.2) is 58.8 Å². The summed E-state index contributed by atoms with van der Waals surface area (Å²) in [7, 11) is 1.57. The van der Waals surface area contributed by atoms with Crippen LogP contribution in [0.5, 0.6) is 5.75 Å². The first-order chi connectivity index (χ1) is 12.6. The molecule has 3 aliphatic rings. The largest absolute Gasteiger partial charge is 0.496 e. The molecule has 132 valence electrons. The first kappa shape index (κ1) is 16.3. The van der Waals surface area contributed by atoms with E-state index in [4.69, 9.17) is 9.47 Å². The highest BCUT2D eigenvalue weighted by atomic mass is 16.5. The van der Waals surface area contributed by atoms with E-state index < -0.39 is 12.0 Å². The van der Waals surface area contributed by atoms with E-state index in [0.29, 0.717) is 17.0 Å². The fraction of sp³-hybridized carbons (Fsp3) is 0.250. The molecule has 2 aliphatic carbocycles.